The summed E-state index contributed by atoms with van der Waals surface area (Å²) >= 11 is 0. The van der Waals surface area contributed by atoms with Crippen LogP contribution in [-0.2, 0) is 0 Å². The van der Waals surface area contributed by atoms with Gasteiger partial charge in [0.25, 0.3) is 0 Å². The van der Waals surface area contributed by atoms with E-state index in [-0.39, 0.29) is 28.3 Å². The molecule has 5 rings (SSSR count). The molecule has 0 saturated carbocycles. The van der Waals surface area contributed by atoms with E-state index in [4.69, 9.17) is 0 Å². The molecule has 0 radical (unpaired) electrons. The lowest BCUT2D eigenvalue weighted by atomic mass is 9.81. The van der Waals surface area contributed by atoms with Crippen molar-refractivity contribution in [2.24, 2.45) is 0 Å². The molecule has 0 amide bonds. The van der Waals surface area contributed by atoms with Crippen LogP contribution in [0.25, 0.3) is 44.5 Å². The molecule has 0 aliphatic carbocycles. The molecule has 0 heterocycles. The molecule has 0 fully saturated rings. The van der Waals surface area contributed by atoms with Crippen molar-refractivity contribution in [3.8, 4) is 56.6 Å². The fourth-order valence-electron chi connectivity index (χ4n) is 5.03. The largest absolute Gasteiger partial charge is 0.295 e. The Bertz CT molecular complexity index is 1960. The average Bonchev–Trinajstić information content (AvgIpc) is 3.02. The molecule has 0 N–H and O–H groups in total. The number of Topliss-reactive ketones (excluding diaryl/α,β-unsaturated/α-hetero) is 2. The summed E-state index contributed by atoms with van der Waals surface area (Å²) in [5.74, 6) is -2.63. The number of benzene rings is 5. The van der Waals surface area contributed by atoms with Gasteiger partial charge < -0.3 is 0 Å². The third kappa shape index (κ3) is 5.10. The maximum atomic E-state index is 16.5. The summed E-state index contributed by atoms with van der Waals surface area (Å²) in [5, 5.41) is 19.0. The zero-order chi connectivity index (χ0) is 30.0. The van der Waals surface area contributed by atoms with Crippen molar-refractivity contribution >= 4 is 11.6 Å². The van der Waals surface area contributed by atoms with E-state index in [2.05, 4.69) is 6.07 Å². The van der Waals surface area contributed by atoms with Crippen LogP contribution in [0.5, 0.6) is 0 Å². The Morgan fingerprint density at radius 2 is 1.00 bits per heavy atom. The van der Waals surface area contributed by atoms with Crippen LogP contribution in [0.2, 0.25) is 0 Å². The first-order valence-corrected chi connectivity index (χ1v) is 13.0. The second kappa shape index (κ2) is 11.4. The number of carbonyl (C=O) groups is 2. The van der Waals surface area contributed by atoms with Crippen LogP contribution < -0.4 is 0 Å². The third-order valence-electron chi connectivity index (χ3n) is 7.10. The van der Waals surface area contributed by atoms with Crippen molar-refractivity contribution in [1.82, 2.24) is 0 Å². The number of hydrogen-bond donors (Lipinski definition) is 0. The normalized spacial score (nSPS) is 10.5. The highest BCUT2D eigenvalue weighted by Crippen LogP contribution is 2.49. The standard InChI is InChI=1S/C36H22F2N2O2/c1-21(41)25-13-15-26(16-14-25)31-32(29-7-3-5-24(17-29)20-40)33(27-11-9-23(19-39)10-12-27)35(37)36(38)34(31)30-8-4-6-28(18-30)22(2)42/h3-18H,1-2H3. The van der Waals surface area contributed by atoms with Crippen molar-refractivity contribution in [3.05, 3.63) is 131 Å². The van der Waals surface area contributed by atoms with Gasteiger partial charge in [0.1, 0.15) is 0 Å². The van der Waals surface area contributed by atoms with Crippen molar-refractivity contribution in [2.75, 3.05) is 0 Å². The predicted octanol–water partition coefficient (Wildman–Crippen LogP) is 8.78. The van der Waals surface area contributed by atoms with Crippen molar-refractivity contribution in [1.29, 1.82) is 10.5 Å². The van der Waals surface area contributed by atoms with Crippen LogP contribution in [-0.4, -0.2) is 11.6 Å². The van der Waals surface area contributed by atoms with Crippen LogP contribution in [0.15, 0.2) is 97.1 Å². The molecule has 6 heteroatoms. The van der Waals surface area contributed by atoms with Gasteiger partial charge in [-0.05, 0) is 66.4 Å². The highest BCUT2D eigenvalue weighted by atomic mass is 19.2. The number of ketones is 2. The minimum absolute atomic E-state index is 0.0517. The lowest BCUT2D eigenvalue weighted by Crippen LogP contribution is -2.04. The SMILES string of the molecule is CC(=O)c1ccc(-c2c(-c3cccc(C(C)=O)c3)c(F)c(F)c(-c3ccc(C#N)cc3)c2-c2cccc(C#N)c2)cc1. The molecule has 5 aromatic carbocycles. The summed E-state index contributed by atoms with van der Waals surface area (Å²) in [6.45, 7) is 2.83. The van der Waals surface area contributed by atoms with Crippen molar-refractivity contribution in [3.63, 3.8) is 0 Å². The Hall–Kier alpha value is -5.72. The Labute approximate surface area is 241 Å². The second-order valence-corrected chi connectivity index (χ2v) is 9.78. The van der Waals surface area contributed by atoms with Gasteiger partial charge in [0.05, 0.1) is 23.3 Å². The van der Waals surface area contributed by atoms with E-state index in [9.17, 15) is 20.1 Å². The van der Waals surface area contributed by atoms with Crippen LogP contribution in [0.1, 0.15) is 45.7 Å². The summed E-state index contributed by atoms with van der Waals surface area (Å²) in [6.07, 6.45) is 0. The monoisotopic (exact) mass is 552 g/mol. The molecule has 42 heavy (non-hydrogen) atoms. The topological polar surface area (TPSA) is 81.7 Å². The van der Waals surface area contributed by atoms with Crippen LogP contribution >= 0.6 is 0 Å². The summed E-state index contributed by atoms with van der Waals surface area (Å²) < 4.78 is 32.9. The summed E-state index contributed by atoms with van der Waals surface area (Å²) in [4.78, 5) is 24.3. The number of hydrogen-bond acceptors (Lipinski definition) is 4. The maximum absolute atomic E-state index is 16.5. The maximum Gasteiger partial charge on any atom is 0.167 e. The lowest BCUT2D eigenvalue weighted by molar-refractivity contribution is 0.100. The van der Waals surface area contributed by atoms with Crippen molar-refractivity contribution < 1.29 is 18.4 Å². The lowest BCUT2D eigenvalue weighted by Gasteiger charge is -2.23. The first-order valence-electron chi connectivity index (χ1n) is 13.0. The molecule has 0 bridgehead atoms. The van der Waals surface area contributed by atoms with Gasteiger partial charge in [-0.3, -0.25) is 9.59 Å². The fraction of sp³-hybridized carbons (Fsp3) is 0.0556. The van der Waals surface area contributed by atoms with Gasteiger partial charge in [0.2, 0.25) is 0 Å². The first kappa shape index (κ1) is 27.8. The fourth-order valence-corrected chi connectivity index (χ4v) is 5.03. The molecule has 0 unspecified atom stereocenters. The molecule has 0 atom stereocenters. The molecule has 0 aromatic heterocycles. The molecule has 0 spiro atoms. The van der Waals surface area contributed by atoms with E-state index in [0.717, 1.165) is 0 Å². The zero-order valence-corrected chi connectivity index (χ0v) is 22.7. The van der Waals surface area contributed by atoms with Gasteiger partial charge in [-0.1, -0.05) is 66.7 Å². The number of nitrogens with zero attached hydrogens (tertiary/aromatic N) is 2. The van der Waals surface area contributed by atoms with Crippen LogP contribution in [0.4, 0.5) is 8.78 Å². The highest BCUT2D eigenvalue weighted by molar-refractivity contribution is 6.04. The molecule has 202 valence electrons. The average molecular weight is 553 g/mol. The Morgan fingerprint density at radius 3 is 1.57 bits per heavy atom. The van der Waals surface area contributed by atoms with Gasteiger partial charge in [-0.2, -0.15) is 10.5 Å². The summed E-state index contributed by atoms with van der Waals surface area (Å²) in [6, 6.07) is 29.8. The molecular formula is C36H22F2N2O2. The minimum Gasteiger partial charge on any atom is -0.295 e. The van der Waals surface area contributed by atoms with Gasteiger partial charge in [-0.25, -0.2) is 8.78 Å². The number of halogens is 2. The van der Waals surface area contributed by atoms with E-state index in [1.54, 1.807) is 78.9 Å². The molecular weight excluding hydrogens is 530 g/mol. The Kier molecular flexibility index (Phi) is 7.56. The number of nitriles is 2. The Balaban J connectivity index is 2.00. The third-order valence-corrected chi connectivity index (χ3v) is 7.10. The molecule has 0 aliphatic rings. The summed E-state index contributed by atoms with van der Waals surface area (Å²) in [7, 11) is 0. The molecule has 0 aliphatic heterocycles. The van der Waals surface area contributed by atoms with E-state index in [0.29, 0.717) is 50.1 Å². The highest BCUT2D eigenvalue weighted by Gasteiger charge is 2.28. The van der Waals surface area contributed by atoms with E-state index < -0.39 is 11.6 Å². The smallest absolute Gasteiger partial charge is 0.167 e. The second-order valence-electron chi connectivity index (χ2n) is 9.78. The molecule has 0 saturated heterocycles. The number of carbonyl (C=O) groups excluding carboxylic acids is 2. The number of rotatable bonds is 6. The van der Waals surface area contributed by atoms with Gasteiger partial charge >= 0.3 is 0 Å². The van der Waals surface area contributed by atoms with E-state index in [1.807, 2.05) is 6.07 Å². The van der Waals surface area contributed by atoms with Crippen molar-refractivity contribution in [2.45, 2.75) is 13.8 Å². The molecule has 5 aromatic rings. The summed E-state index contributed by atoms with van der Waals surface area (Å²) in [5.41, 5.74) is 3.53. The first-order chi connectivity index (χ1) is 20.2. The Morgan fingerprint density at radius 1 is 0.524 bits per heavy atom. The van der Waals surface area contributed by atoms with Gasteiger partial charge in [-0.15, -0.1) is 0 Å². The van der Waals surface area contributed by atoms with Crippen LogP contribution in [0.3, 0.4) is 0 Å². The van der Waals surface area contributed by atoms with E-state index >= 15 is 8.78 Å². The van der Waals surface area contributed by atoms with Crippen LogP contribution in [0, 0.1) is 34.3 Å². The molecule has 4 nitrogen and oxygen atoms in total. The van der Waals surface area contributed by atoms with E-state index in [1.165, 1.54) is 32.0 Å². The van der Waals surface area contributed by atoms with Gasteiger partial charge in [0.15, 0.2) is 23.2 Å². The van der Waals surface area contributed by atoms with Gasteiger partial charge in [0, 0.05) is 33.4 Å². The predicted molar refractivity (Wildman–Crippen MR) is 158 cm³/mol. The zero-order valence-electron chi connectivity index (χ0n) is 22.7. The minimum atomic E-state index is -1.12. The quantitative estimate of drug-likeness (QED) is 0.197.